The van der Waals surface area contributed by atoms with Crippen LogP contribution in [0.3, 0.4) is 0 Å². The van der Waals surface area contributed by atoms with Gasteiger partial charge in [0.15, 0.2) is 5.13 Å². The molecule has 1 aromatic carbocycles. The number of oxazole rings is 1. The van der Waals surface area contributed by atoms with Gasteiger partial charge >= 0.3 is 0 Å². The summed E-state index contributed by atoms with van der Waals surface area (Å²) in [6.45, 7) is 3.88. The van der Waals surface area contributed by atoms with Gasteiger partial charge in [-0.2, -0.15) is 0 Å². The Labute approximate surface area is 164 Å². The quantitative estimate of drug-likeness (QED) is 0.496. The van der Waals surface area contributed by atoms with Crippen molar-refractivity contribution in [1.29, 1.82) is 0 Å². The van der Waals surface area contributed by atoms with Crippen LogP contribution in [0.1, 0.15) is 16.3 Å². The van der Waals surface area contributed by atoms with Gasteiger partial charge in [-0.1, -0.05) is 18.2 Å². The van der Waals surface area contributed by atoms with Gasteiger partial charge in [0.2, 0.25) is 11.8 Å². The Morgan fingerprint density at radius 2 is 1.93 bits per heavy atom. The van der Waals surface area contributed by atoms with Crippen molar-refractivity contribution in [3.8, 4) is 22.0 Å². The van der Waals surface area contributed by atoms with E-state index >= 15 is 0 Å². The number of nitrogens with zero attached hydrogens (tertiary/aromatic N) is 2. The van der Waals surface area contributed by atoms with Gasteiger partial charge in [-0.25, -0.2) is 9.97 Å². The van der Waals surface area contributed by atoms with E-state index in [0.29, 0.717) is 22.5 Å². The summed E-state index contributed by atoms with van der Waals surface area (Å²) in [6.07, 6.45) is 0.148. The molecule has 4 rings (SSSR count). The van der Waals surface area contributed by atoms with E-state index in [0.717, 1.165) is 16.1 Å². The summed E-state index contributed by atoms with van der Waals surface area (Å²) in [5.74, 6) is 1.02. The predicted octanol–water partition coefficient (Wildman–Crippen LogP) is 5.32. The van der Waals surface area contributed by atoms with Crippen LogP contribution in [0.4, 0.5) is 5.13 Å². The average molecular weight is 396 g/mol. The van der Waals surface area contributed by atoms with E-state index < -0.39 is 0 Å². The molecule has 0 aliphatic rings. The Balaban J connectivity index is 1.44. The molecule has 0 unspecified atom stereocenters. The number of carbonyl (C=O) groups excluding carboxylic acids is 1. The van der Waals surface area contributed by atoms with Crippen LogP contribution in [0.25, 0.3) is 22.0 Å². The van der Waals surface area contributed by atoms with Crippen LogP contribution in [0.2, 0.25) is 0 Å². The summed E-state index contributed by atoms with van der Waals surface area (Å²) in [5, 5.41) is 5.40. The second-order valence-corrected chi connectivity index (χ2v) is 8.21. The highest BCUT2D eigenvalue weighted by Crippen LogP contribution is 2.30. The van der Waals surface area contributed by atoms with E-state index in [2.05, 4.69) is 28.3 Å². The summed E-state index contributed by atoms with van der Waals surface area (Å²) in [4.78, 5) is 23.7. The number of amides is 1. The van der Waals surface area contributed by atoms with Gasteiger partial charge in [0.1, 0.15) is 5.76 Å². The first-order valence-electron chi connectivity index (χ1n) is 8.42. The van der Waals surface area contributed by atoms with Crippen molar-refractivity contribution in [3.63, 3.8) is 0 Å². The van der Waals surface area contributed by atoms with E-state index in [-0.39, 0.29) is 12.3 Å². The number of hydrogen-bond acceptors (Lipinski definition) is 6. The zero-order valence-corrected chi connectivity index (χ0v) is 16.5. The van der Waals surface area contributed by atoms with E-state index in [1.54, 1.807) is 11.3 Å². The lowest BCUT2D eigenvalue weighted by Crippen LogP contribution is -2.15. The number of aryl methyl sites for hydroxylation is 2. The number of carbonyl (C=O) groups is 1. The molecule has 0 fully saturated rings. The molecular weight excluding hydrogens is 378 g/mol. The van der Waals surface area contributed by atoms with Gasteiger partial charge in [0.05, 0.1) is 22.7 Å². The fraction of sp³-hybridized carbons (Fsp3) is 0.150. The number of anilines is 1. The van der Waals surface area contributed by atoms with Crippen molar-refractivity contribution in [2.75, 3.05) is 5.32 Å². The molecule has 0 bridgehead atoms. The summed E-state index contributed by atoms with van der Waals surface area (Å²) in [7, 11) is 0. The van der Waals surface area contributed by atoms with Crippen LogP contribution in [0, 0.1) is 13.8 Å². The minimum absolute atomic E-state index is 0.148. The maximum Gasteiger partial charge on any atom is 0.232 e. The number of rotatable bonds is 5. The molecule has 0 atom stereocenters. The Bertz CT molecular complexity index is 1080. The molecule has 3 aromatic heterocycles. The molecule has 0 aliphatic heterocycles. The van der Waals surface area contributed by atoms with Gasteiger partial charge in [0, 0.05) is 15.8 Å². The third-order valence-electron chi connectivity index (χ3n) is 3.98. The van der Waals surface area contributed by atoms with Crippen molar-refractivity contribution in [2.45, 2.75) is 20.3 Å². The van der Waals surface area contributed by atoms with Crippen molar-refractivity contribution in [2.24, 2.45) is 0 Å². The largest absolute Gasteiger partial charge is 0.441 e. The van der Waals surface area contributed by atoms with Crippen LogP contribution < -0.4 is 5.32 Å². The second-order valence-electron chi connectivity index (χ2n) is 6.06. The summed E-state index contributed by atoms with van der Waals surface area (Å²) >= 11 is 3.11. The molecule has 0 spiro atoms. The van der Waals surface area contributed by atoms with Crippen LogP contribution >= 0.6 is 22.7 Å². The fourth-order valence-electron chi connectivity index (χ4n) is 2.63. The van der Waals surface area contributed by atoms with E-state index in [4.69, 9.17) is 4.42 Å². The van der Waals surface area contributed by atoms with Crippen molar-refractivity contribution in [3.05, 3.63) is 64.2 Å². The molecule has 0 saturated carbocycles. The first kappa shape index (κ1) is 17.6. The van der Waals surface area contributed by atoms with Crippen molar-refractivity contribution < 1.29 is 9.21 Å². The summed E-state index contributed by atoms with van der Waals surface area (Å²) < 4.78 is 5.71. The Morgan fingerprint density at radius 1 is 1.11 bits per heavy atom. The van der Waals surface area contributed by atoms with Crippen molar-refractivity contribution >= 4 is 33.7 Å². The minimum Gasteiger partial charge on any atom is -0.441 e. The zero-order valence-electron chi connectivity index (χ0n) is 14.9. The van der Waals surface area contributed by atoms with Crippen molar-refractivity contribution in [1.82, 2.24) is 9.97 Å². The third kappa shape index (κ3) is 3.99. The molecule has 4 aromatic rings. The number of hydrogen-bond donors (Lipinski definition) is 1. The van der Waals surface area contributed by atoms with Gasteiger partial charge in [-0.05, 0) is 38.1 Å². The summed E-state index contributed by atoms with van der Waals surface area (Å²) in [5.41, 5.74) is 2.41. The second kappa shape index (κ2) is 7.46. The fourth-order valence-corrected chi connectivity index (χ4v) is 4.26. The summed E-state index contributed by atoms with van der Waals surface area (Å²) in [6, 6.07) is 13.8. The highest BCUT2D eigenvalue weighted by molar-refractivity contribution is 7.17. The van der Waals surface area contributed by atoms with E-state index in [9.17, 15) is 4.79 Å². The van der Waals surface area contributed by atoms with Crippen LogP contribution in [-0.2, 0) is 11.2 Å². The number of benzene rings is 1. The molecule has 1 amide bonds. The van der Waals surface area contributed by atoms with Crippen LogP contribution in [0.5, 0.6) is 0 Å². The number of thiophene rings is 1. The smallest absolute Gasteiger partial charge is 0.232 e. The molecular formula is C20H17N3O2S2. The predicted molar refractivity (Wildman–Crippen MR) is 109 cm³/mol. The molecule has 7 heteroatoms. The molecule has 136 valence electrons. The lowest BCUT2D eigenvalue weighted by Gasteiger charge is -1.99. The minimum atomic E-state index is -0.158. The van der Waals surface area contributed by atoms with Gasteiger partial charge in [-0.15, -0.1) is 22.7 Å². The van der Waals surface area contributed by atoms with E-state index in [1.807, 2.05) is 48.7 Å². The zero-order chi connectivity index (χ0) is 18.8. The maximum atomic E-state index is 12.4. The highest BCUT2D eigenvalue weighted by atomic mass is 32.1. The Kier molecular flexibility index (Phi) is 4.87. The molecule has 3 heterocycles. The topological polar surface area (TPSA) is 68.0 Å². The maximum absolute atomic E-state index is 12.4. The first-order chi connectivity index (χ1) is 13.1. The van der Waals surface area contributed by atoms with E-state index in [1.165, 1.54) is 16.2 Å². The molecule has 1 N–H and O–H groups in total. The first-order valence-corrected chi connectivity index (χ1v) is 10.1. The molecule has 27 heavy (non-hydrogen) atoms. The van der Waals surface area contributed by atoms with Gasteiger partial charge < -0.3 is 9.73 Å². The SMILES string of the molecule is Cc1ccc(-c2csc(NC(=O)Cc3nc(-c4ccccc4)oc3C)n2)s1. The Hall–Kier alpha value is -2.77. The number of aromatic nitrogens is 2. The Morgan fingerprint density at radius 3 is 2.67 bits per heavy atom. The highest BCUT2D eigenvalue weighted by Gasteiger charge is 2.16. The normalized spacial score (nSPS) is 10.9. The lowest BCUT2D eigenvalue weighted by atomic mass is 10.2. The monoisotopic (exact) mass is 395 g/mol. The standard InChI is InChI=1S/C20H17N3O2S2/c1-12-8-9-17(27-12)16-11-26-20(22-16)23-18(24)10-15-13(2)25-19(21-15)14-6-4-3-5-7-14/h3-9,11H,10H2,1-2H3,(H,22,23,24). The average Bonchev–Trinajstić information content (AvgIpc) is 3.37. The molecule has 0 saturated heterocycles. The lowest BCUT2D eigenvalue weighted by molar-refractivity contribution is -0.115. The molecule has 5 nitrogen and oxygen atoms in total. The van der Waals surface area contributed by atoms with Gasteiger partial charge in [0.25, 0.3) is 0 Å². The van der Waals surface area contributed by atoms with Crippen LogP contribution in [0.15, 0.2) is 52.3 Å². The van der Waals surface area contributed by atoms with Crippen LogP contribution in [-0.4, -0.2) is 15.9 Å². The van der Waals surface area contributed by atoms with Gasteiger partial charge in [-0.3, -0.25) is 4.79 Å². The number of thiazole rings is 1. The number of nitrogens with one attached hydrogen (secondary N) is 1. The third-order valence-corrected chi connectivity index (χ3v) is 5.77. The molecule has 0 radical (unpaired) electrons. The molecule has 0 aliphatic carbocycles.